The van der Waals surface area contributed by atoms with E-state index < -0.39 is 0 Å². The molecule has 1 saturated carbocycles. The van der Waals surface area contributed by atoms with Gasteiger partial charge in [0, 0.05) is 32.2 Å². The average molecular weight is 341 g/mol. The zero-order chi connectivity index (χ0) is 15.0. The van der Waals surface area contributed by atoms with Crippen molar-refractivity contribution in [2.45, 2.75) is 38.3 Å². The Kier molecular flexibility index (Phi) is 8.17. The van der Waals surface area contributed by atoms with Crippen LogP contribution in [0, 0.1) is 0 Å². The Morgan fingerprint density at radius 1 is 1.17 bits per heavy atom. The zero-order valence-corrected chi connectivity index (χ0v) is 14.7. The van der Waals surface area contributed by atoms with Crippen molar-refractivity contribution >= 4 is 12.4 Å². The van der Waals surface area contributed by atoms with Crippen LogP contribution in [0.15, 0.2) is 24.3 Å². The fraction of sp³-hybridized carbons (Fsp3) is 0.667. The van der Waals surface area contributed by atoms with Crippen molar-refractivity contribution in [2.75, 3.05) is 39.5 Å². The van der Waals surface area contributed by atoms with Crippen LogP contribution >= 0.6 is 12.4 Å². The number of nitrogens with zero attached hydrogens (tertiary/aromatic N) is 1. The van der Waals surface area contributed by atoms with Crippen LogP contribution in [0.25, 0.3) is 0 Å². The molecule has 0 atom stereocenters. The number of benzene rings is 1. The molecule has 1 aliphatic heterocycles. The number of hydrogen-bond donors (Lipinski definition) is 1. The maximum atomic E-state index is 5.91. The van der Waals surface area contributed by atoms with Crippen LogP contribution in [-0.2, 0) is 11.3 Å². The number of nitrogens with one attached hydrogen (secondary N) is 1. The van der Waals surface area contributed by atoms with Gasteiger partial charge in [0.05, 0.1) is 13.2 Å². The van der Waals surface area contributed by atoms with E-state index in [1.165, 1.54) is 31.2 Å². The van der Waals surface area contributed by atoms with Gasteiger partial charge in [0.25, 0.3) is 0 Å². The lowest BCUT2D eigenvalue weighted by Crippen LogP contribution is -2.38. The highest BCUT2D eigenvalue weighted by atomic mass is 35.5. The molecule has 0 spiro atoms. The van der Waals surface area contributed by atoms with Gasteiger partial charge in [-0.3, -0.25) is 4.90 Å². The van der Waals surface area contributed by atoms with Crippen LogP contribution in [0.2, 0.25) is 0 Å². The molecule has 1 aromatic carbocycles. The Balaban J connectivity index is 0.00000192. The molecular formula is C18H29ClN2O2. The first kappa shape index (κ1) is 18.5. The molecule has 0 amide bonds. The molecule has 4 nitrogen and oxygen atoms in total. The van der Waals surface area contributed by atoms with Gasteiger partial charge in [0.15, 0.2) is 0 Å². The van der Waals surface area contributed by atoms with Crippen molar-refractivity contribution in [3.8, 4) is 5.75 Å². The van der Waals surface area contributed by atoms with Gasteiger partial charge in [-0.15, -0.1) is 12.4 Å². The molecule has 23 heavy (non-hydrogen) atoms. The second-order valence-electron chi connectivity index (χ2n) is 6.31. The summed E-state index contributed by atoms with van der Waals surface area (Å²) in [6.07, 6.45) is 5.41. The second kappa shape index (κ2) is 10.1. The maximum Gasteiger partial charge on any atom is 0.119 e. The molecule has 1 aliphatic carbocycles. The van der Waals surface area contributed by atoms with E-state index in [0.717, 1.165) is 51.7 Å². The van der Waals surface area contributed by atoms with Crippen LogP contribution < -0.4 is 10.1 Å². The quantitative estimate of drug-likeness (QED) is 0.827. The Hall–Kier alpha value is -0.810. The molecule has 5 heteroatoms. The lowest BCUT2D eigenvalue weighted by Gasteiger charge is -2.26. The molecule has 0 aromatic heterocycles. The van der Waals surface area contributed by atoms with Crippen molar-refractivity contribution < 1.29 is 9.47 Å². The number of ether oxygens (including phenoxy) is 2. The van der Waals surface area contributed by atoms with Gasteiger partial charge in [0.1, 0.15) is 12.4 Å². The molecule has 1 N–H and O–H groups in total. The Morgan fingerprint density at radius 3 is 2.74 bits per heavy atom. The van der Waals surface area contributed by atoms with Crippen molar-refractivity contribution in [1.29, 1.82) is 0 Å². The van der Waals surface area contributed by atoms with Gasteiger partial charge >= 0.3 is 0 Å². The fourth-order valence-electron chi connectivity index (χ4n) is 3.25. The highest BCUT2D eigenvalue weighted by molar-refractivity contribution is 5.85. The second-order valence-corrected chi connectivity index (χ2v) is 6.31. The number of hydrogen-bond acceptors (Lipinski definition) is 4. The number of rotatable bonds is 7. The van der Waals surface area contributed by atoms with Gasteiger partial charge in [-0.1, -0.05) is 25.0 Å². The summed E-state index contributed by atoms with van der Waals surface area (Å²) in [4.78, 5) is 2.40. The largest absolute Gasteiger partial charge is 0.492 e. The molecule has 1 heterocycles. The van der Waals surface area contributed by atoms with E-state index in [1.54, 1.807) is 0 Å². The SMILES string of the molecule is Cl.c1cc(CNC2CCCC2)cc(OCCN2CCOCC2)c1. The van der Waals surface area contributed by atoms with E-state index in [4.69, 9.17) is 9.47 Å². The van der Waals surface area contributed by atoms with Crippen LogP contribution in [0.4, 0.5) is 0 Å². The third kappa shape index (κ3) is 6.30. The molecule has 130 valence electrons. The highest BCUT2D eigenvalue weighted by Crippen LogP contribution is 2.19. The summed E-state index contributed by atoms with van der Waals surface area (Å²) in [5, 5.41) is 3.66. The minimum atomic E-state index is 0. The third-order valence-electron chi connectivity index (χ3n) is 4.63. The first-order valence-electron chi connectivity index (χ1n) is 8.65. The van der Waals surface area contributed by atoms with Crippen LogP contribution in [0.3, 0.4) is 0 Å². The van der Waals surface area contributed by atoms with E-state index in [0.29, 0.717) is 6.04 Å². The van der Waals surface area contributed by atoms with Crippen molar-refractivity contribution in [3.63, 3.8) is 0 Å². The molecule has 2 fully saturated rings. The summed E-state index contributed by atoms with van der Waals surface area (Å²) >= 11 is 0. The molecule has 0 unspecified atom stereocenters. The maximum absolute atomic E-state index is 5.91. The van der Waals surface area contributed by atoms with E-state index in [2.05, 4.69) is 34.5 Å². The van der Waals surface area contributed by atoms with Crippen molar-refractivity contribution in [1.82, 2.24) is 10.2 Å². The number of morpholine rings is 1. The van der Waals surface area contributed by atoms with E-state index in [9.17, 15) is 0 Å². The zero-order valence-electron chi connectivity index (χ0n) is 13.8. The lowest BCUT2D eigenvalue weighted by molar-refractivity contribution is 0.0322. The highest BCUT2D eigenvalue weighted by Gasteiger charge is 2.14. The van der Waals surface area contributed by atoms with Crippen molar-refractivity contribution in [3.05, 3.63) is 29.8 Å². The molecular weight excluding hydrogens is 312 g/mol. The van der Waals surface area contributed by atoms with E-state index in [1.807, 2.05) is 0 Å². The van der Waals surface area contributed by atoms with E-state index >= 15 is 0 Å². The predicted octanol–water partition coefficient (Wildman–Crippen LogP) is 2.85. The van der Waals surface area contributed by atoms with Crippen LogP contribution in [0.1, 0.15) is 31.2 Å². The molecule has 0 radical (unpaired) electrons. The van der Waals surface area contributed by atoms with Gasteiger partial charge in [-0.2, -0.15) is 0 Å². The van der Waals surface area contributed by atoms with Crippen molar-refractivity contribution in [2.24, 2.45) is 0 Å². The molecule has 0 bridgehead atoms. The number of halogens is 1. The van der Waals surface area contributed by atoms with Gasteiger partial charge in [-0.25, -0.2) is 0 Å². The Morgan fingerprint density at radius 2 is 1.96 bits per heavy atom. The molecule has 2 aliphatic rings. The normalized spacial score (nSPS) is 19.5. The molecule has 3 rings (SSSR count). The summed E-state index contributed by atoms with van der Waals surface area (Å²) in [6, 6.07) is 9.21. The average Bonchev–Trinajstić information content (AvgIpc) is 3.08. The summed E-state index contributed by atoms with van der Waals surface area (Å²) in [5.41, 5.74) is 1.32. The molecule has 1 aromatic rings. The standard InChI is InChI=1S/C18H28N2O2.ClH/c1-2-6-17(5-1)19-15-16-4-3-7-18(14-16)22-13-10-20-8-11-21-12-9-20;/h3-4,7,14,17,19H,1-2,5-6,8-13,15H2;1H. The fourth-order valence-corrected chi connectivity index (χ4v) is 3.25. The summed E-state index contributed by atoms with van der Waals surface area (Å²) in [6.45, 7) is 6.42. The van der Waals surface area contributed by atoms with Gasteiger partial charge in [-0.05, 0) is 30.5 Å². The summed E-state index contributed by atoms with van der Waals surface area (Å²) < 4.78 is 11.3. The topological polar surface area (TPSA) is 33.7 Å². The monoisotopic (exact) mass is 340 g/mol. The molecule has 1 saturated heterocycles. The van der Waals surface area contributed by atoms with E-state index in [-0.39, 0.29) is 12.4 Å². The third-order valence-corrected chi connectivity index (χ3v) is 4.63. The summed E-state index contributed by atoms with van der Waals surface area (Å²) in [7, 11) is 0. The Bertz CT molecular complexity index is 446. The Labute approximate surface area is 145 Å². The van der Waals surface area contributed by atoms with Gasteiger partial charge in [0.2, 0.25) is 0 Å². The smallest absolute Gasteiger partial charge is 0.119 e. The minimum Gasteiger partial charge on any atom is -0.492 e. The summed E-state index contributed by atoms with van der Waals surface area (Å²) in [5.74, 6) is 0.985. The minimum absolute atomic E-state index is 0. The lowest BCUT2D eigenvalue weighted by atomic mass is 10.2. The van der Waals surface area contributed by atoms with Crippen LogP contribution in [0.5, 0.6) is 5.75 Å². The van der Waals surface area contributed by atoms with Gasteiger partial charge < -0.3 is 14.8 Å². The first-order chi connectivity index (χ1) is 10.9. The van der Waals surface area contributed by atoms with Crippen LogP contribution in [-0.4, -0.2) is 50.4 Å². The first-order valence-corrected chi connectivity index (χ1v) is 8.65. The predicted molar refractivity (Wildman–Crippen MR) is 95.5 cm³/mol.